The van der Waals surface area contributed by atoms with E-state index in [9.17, 15) is 23.7 Å². The van der Waals surface area contributed by atoms with Crippen LogP contribution in [0.4, 0.5) is 9.18 Å². The maximum absolute atomic E-state index is 15.2. The van der Waals surface area contributed by atoms with Gasteiger partial charge in [0.1, 0.15) is 22.1 Å². The highest BCUT2D eigenvalue weighted by atomic mass is 32.2. The molecule has 0 saturated carbocycles. The van der Waals surface area contributed by atoms with Gasteiger partial charge in [0.25, 0.3) is 5.91 Å². The van der Waals surface area contributed by atoms with Gasteiger partial charge in [-0.1, -0.05) is 0 Å². The number of amides is 4. The fraction of sp³-hybridized carbons (Fsp3) is 0.464. The number of nitrogens with one attached hydrogen (secondary N) is 2. The van der Waals surface area contributed by atoms with Crippen molar-refractivity contribution in [1.82, 2.24) is 19.9 Å². The van der Waals surface area contributed by atoms with Crippen molar-refractivity contribution < 1.29 is 37.6 Å². The van der Waals surface area contributed by atoms with Crippen LogP contribution >= 0.6 is 0 Å². The number of hydrogen-bond donors (Lipinski definition) is 2. The van der Waals surface area contributed by atoms with E-state index in [4.69, 9.17) is 9.47 Å². The van der Waals surface area contributed by atoms with Crippen LogP contribution in [-0.4, -0.2) is 62.1 Å². The summed E-state index contributed by atoms with van der Waals surface area (Å²) < 4.78 is 41.4. The lowest BCUT2D eigenvalue weighted by Gasteiger charge is -2.37. The third-order valence-electron chi connectivity index (χ3n) is 6.75. The normalized spacial score (nSPS) is 20.0. The minimum atomic E-state index is -1.82. The van der Waals surface area contributed by atoms with E-state index in [2.05, 4.69) is 15.0 Å². The van der Waals surface area contributed by atoms with Crippen molar-refractivity contribution in [3.05, 3.63) is 53.6 Å². The highest BCUT2D eigenvalue weighted by Gasteiger charge is 2.48. The van der Waals surface area contributed by atoms with Gasteiger partial charge in [-0.05, 0) is 70.9 Å². The first-order valence-corrected chi connectivity index (χ1v) is 14.4. The molecule has 2 N–H and O–H groups in total. The van der Waals surface area contributed by atoms with Crippen molar-refractivity contribution in [3.8, 4) is 11.5 Å². The minimum Gasteiger partial charge on any atom is -0.598 e. The molecule has 4 rings (SSSR count). The number of rotatable bonds is 9. The second-order valence-corrected chi connectivity index (χ2v) is 12.9. The molecule has 11 nitrogen and oxygen atoms in total. The molecule has 2 aliphatic heterocycles. The van der Waals surface area contributed by atoms with Gasteiger partial charge in [-0.25, -0.2) is 9.18 Å². The van der Waals surface area contributed by atoms with E-state index in [-0.39, 0.29) is 11.3 Å². The highest BCUT2D eigenvalue weighted by molar-refractivity contribution is 7.90. The summed E-state index contributed by atoms with van der Waals surface area (Å²) in [4.78, 5) is 57.2. The average molecular weight is 589 g/mol. The number of hydrogen-bond acceptors (Lipinski definition) is 9. The summed E-state index contributed by atoms with van der Waals surface area (Å²) in [5.41, 5.74) is 0.734. The molecule has 2 unspecified atom stereocenters. The number of pyridine rings is 1. The van der Waals surface area contributed by atoms with Crippen LogP contribution in [0.15, 0.2) is 36.5 Å². The lowest BCUT2D eigenvalue weighted by Crippen LogP contribution is -2.63. The van der Waals surface area contributed by atoms with Crippen LogP contribution in [-0.2, 0) is 30.5 Å². The van der Waals surface area contributed by atoms with E-state index < -0.39 is 70.0 Å². The number of barbiturate groups is 1. The van der Waals surface area contributed by atoms with Crippen LogP contribution in [0.1, 0.15) is 57.3 Å². The van der Waals surface area contributed by atoms with Crippen molar-refractivity contribution in [3.63, 3.8) is 0 Å². The first kappa shape index (κ1) is 30.6. The molecule has 3 heterocycles. The van der Waals surface area contributed by atoms with Gasteiger partial charge in [0, 0.05) is 48.3 Å². The maximum atomic E-state index is 15.2. The molecule has 1 aromatic heterocycles. The number of carbonyl (C=O) groups excluding carboxylic acids is 4. The standard InChI is InChI=1S/C28H33FN4O7S/c1-16-5-6-19(15-30-16)40-18-7-8-21(29)20(13-18)22(32-41(38)28(2,3)4)14-23(34)24-25(35)31-27(37)33(26(24)36)17-9-11-39-12-10-17/h5-8,13,15,17,22,24,32H,9-12,14H2,1-4H3,(H,31,35,37)/t22?,24?,41-/m0/s1. The lowest BCUT2D eigenvalue weighted by atomic mass is 9.91. The van der Waals surface area contributed by atoms with Crippen molar-refractivity contribution >= 4 is 35.0 Å². The summed E-state index contributed by atoms with van der Waals surface area (Å²) in [5, 5.41) is 2.10. The number of nitrogens with zero attached hydrogens (tertiary/aromatic N) is 2. The molecule has 13 heteroatoms. The van der Waals surface area contributed by atoms with Crippen LogP contribution in [0, 0.1) is 18.7 Å². The third-order valence-corrected chi connectivity index (χ3v) is 8.36. The average Bonchev–Trinajstić information content (AvgIpc) is 2.90. The predicted octanol–water partition coefficient (Wildman–Crippen LogP) is 3.25. The number of benzene rings is 1. The molecule has 2 saturated heterocycles. The first-order valence-electron chi connectivity index (χ1n) is 13.2. The molecule has 41 heavy (non-hydrogen) atoms. The summed E-state index contributed by atoms with van der Waals surface area (Å²) in [7, 11) is 0. The predicted molar refractivity (Wildman–Crippen MR) is 147 cm³/mol. The number of aromatic nitrogens is 1. The summed E-state index contributed by atoms with van der Waals surface area (Å²) in [6.07, 6.45) is 1.69. The minimum absolute atomic E-state index is 0.0467. The molecule has 220 valence electrons. The Morgan fingerprint density at radius 3 is 2.54 bits per heavy atom. The van der Waals surface area contributed by atoms with Crippen molar-refractivity contribution in [2.75, 3.05) is 13.2 Å². The summed E-state index contributed by atoms with van der Waals surface area (Å²) in [5.74, 6) is -4.74. The Labute approximate surface area is 240 Å². The van der Waals surface area contributed by atoms with Crippen LogP contribution in [0.25, 0.3) is 0 Å². The van der Waals surface area contributed by atoms with Crippen molar-refractivity contribution in [2.24, 2.45) is 5.92 Å². The van der Waals surface area contributed by atoms with Gasteiger partial charge in [-0.3, -0.25) is 29.6 Å². The second-order valence-electron chi connectivity index (χ2n) is 10.9. The summed E-state index contributed by atoms with van der Waals surface area (Å²) >= 11 is -1.76. The number of imide groups is 2. The van der Waals surface area contributed by atoms with E-state index in [0.717, 1.165) is 16.7 Å². The fourth-order valence-corrected chi connectivity index (χ4v) is 5.33. The largest absolute Gasteiger partial charge is 0.598 e. The van der Waals surface area contributed by atoms with Gasteiger partial charge in [-0.2, -0.15) is 0 Å². The van der Waals surface area contributed by atoms with E-state index >= 15 is 4.39 Å². The van der Waals surface area contributed by atoms with Crippen LogP contribution in [0.3, 0.4) is 0 Å². The monoisotopic (exact) mass is 588 g/mol. The second kappa shape index (κ2) is 12.6. The Hall–Kier alpha value is -3.39. The molecule has 3 atom stereocenters. The number of ether oxygens (including phenoxy) is 2. The Bertz CT molecular complexity index is 1310. The molecule has 0 radical (unpaired) electrons. The highest BCUT2D eigenvalue weighted by Crippen LogP contribution is 2.32. The van der Waals surface area contributed by atoms with E-state index in [1.807, 2.05) is 6.92 Å². The topological polar surface area (TPSA) is 150 Å². The lowest BCUT2D eigenvalue weighted by molar-refractivity contribution is -0.149. The zero-order valence-electron chi connectivity index (χ0n) is 23.3. The quantitative estimate of drug-likeness (QED) is 0.332. The first-order chi connectivity index (χ1) is 19.3. The smallest absolute Gasteiger partial charge is 0.331 e. The van der Waals surface area contributed by atoms with Gasteiger partial charge in [0.2, 0.25) is 5.91 Å². The van der Waals surface area contributed by atoms with Gasteiger partial charge in [-0.15, -0.1) is 4.72 Å². The van der Waals surface area contributed by atoms with E-state index in [1.165, 1.54) is 18.3 Å². The zero-order valence-corrected chi connectivity index (χ0v) is 24.1. The Morgan fingerprint density at radius 2 is 1.90 bits per heavy atom. The number of carbonyl (C=O) groups is 4. The molecule has 0 aliphatic carbocycles. The Balaban J connectivity index is 1.62. The Morgan fingerprint density at radius 1 is 1.22 bits per heavy atom. The van der Waals surface area contributed by atoms with E-state index in [1.54, 1.807) is 32.9 Å². The van der Waals surface area contributed by atoms with Crippen molar-refractivity contribution in [2.45, 2.75) is 63.8 Å². The van der Waals surface area contributed by atoms with Gasteiger partial charge in [0.15, 0.2) is 11.7 Å². The van der Waals surface area contributed by atoms with Crippen LogP contribution in [0.5, 0.6) is 11.5 Å². The maximum Gasteiger partial charge on any atom is 0.331 e. The van der Waals surface area contributed by atoms with Crippen LogP contribution in [0.2, 0.25) is 0 Å². The number of urea groups is 1. The molecule has 0 spiro atoms. The SMILES string of the molecule is Cc1ccc(Oc2ccc(F)c(C(CC(=O)C3C(=O)NC(=O)N(C4CCOCC4)C3=O)N[S@@+]([O-])C(C)(C)C)c2)cn1. The molecule has 2 fully saturated rings. The van der Waals surface area contributed by atoms with Gasteiger partial charge < -0.3 is 14.0 Å². The third kappa shape index (κ3) is 7.28. The zero-order chi connectivity index (χ0) is 29.9. The van der Waals surface area contributed by atoms with Gasteiger partial charge in [0.05, 0.1) is 12.2 Å². The number of halogens is 1. The number of ketones is 1. The molecule has 2 aliphatic rings. The Kier molecular flexibility index (Phi) is 9.42. The molecule has 2 aromatic rings. The molecular weight excluding hydrogens is 555 g/mol. The molecular formula is C28H33FN4O7S. The van der Waals surface area contributed by atoms with Crippen molar-refractivity contribution in [1.29, 1.82) is 0 Å². The summed E-state index contributed by atoms with van der Waals surface area (Å²) in [6, 6.07) is 4.74. The number of Topliss-reactive ketones (excluding diaryl/α,β-unsaturated/α-hetero) is 1. The molecule has 0 bridgehead atoms. The summed E-state index contributed by atoms with van der Waals surface area (Å²) in [6.45, 7) is 7.57. The number of aryl methyl sites for hydroxylation is 1. The van der Waals surface area contributed by atoms with Crippen LogP contribution < -0.4 is 14.8 Å². The molecule has 4 amide bonds. The molecule has 1 aromatic carbocycles. The fourth-order valence-electron chi connectivity index (χ4n) is 4.51. The van der Waals surface area contributed by atoms with Gasteiger partial charge >= 0.3 is 6.03 Å². The van der Waals surface area contributed by atoms with E-state index in [0.29, 0.717) is 31.8 Å².